The number of fused-ring (bicyclic) bond motifs is 1. The van der Waals surface area contributed by atoms with Crippen LogP contribution in [0, 0.1) is 0 Å². The highest BCUT2D eigenvalue weighted by atomic mass is 35.5. The summed E-state index contributed by atoms with van der Waals surface area (Å²) >= 11 is 6.94. The van der Waals surface area contributed by atoms with E-state index in [0.29, 0.717) is 10.4 Å². The van der Waals surface area contributed by atoms with Gasteiger partial charge in [0.2, 0.25) is 0 Å². The van der Waals surface area contributed by atoms with Crippen molar-refractivity contribution in [3.8, 4) is 0 Å². The number of rotatable bonds is 3. The average molecular weight is 323 g/mol. The number of anilines is 1. The van der Waals surface area contributed by atoms with Gasteiger partial charge in [0.05, 0.1) is 12.1 Å². The molecule has 1 heterocycles. The fourth-order valence-corrected chi connectivity index (χ4v) is 2.97. The molecular formula is C12H10ClF3N2OS. The molecule has 0 aliphatic heterocycles. The first-order valence-electron chi connectivity index (χ1n) is 5.60. The van der Waals surface area contributed by atoms with Crippen molar-refractivity contribution in [1.82, 2.24) is 5.32 Å². The summed E-state index contributed by atoms with van der Waals surface area (Å²) < 4.78 is 36.8. The SMILES string of the molecule is Nc1c(C(=O)NCCC(F)(F)F)sc2cc(Cl)ccc12. The number of hydrogen-bond acceptors (Lipinski definition) is 3. The third kappa shape index (κ3) is 3.34. The van der Waals surface area contributed by atoms with E-state index in [0.717, 1.165) is 16.0 Å². The van der Waals surface area contributed by atoms with E-state index >= 15 is 0 Å². The zero-order chi connectivity index (χ0) is 14.9. The number of nitrogen functional groups attached to an aromatic ring is 1. The van der Waals surface area contributed by atoms with Gasteiger partial charge in [0, 0.05) is 21.7 Å². The Kier molecular flexibility index (Phi) is 4.10. The van der Waals surface area contributed by atoms with Crippen molar-refractivity contribution in [3.05, 3.63) is 28.1 Å². The summed E-state index contributed by atoms with van der Waals surface area (Å²) in [6.45, 7) is -0.475. The molecule has 3 N–H and O–H groups in total. The maximum atomic E-state index is 12.0. The Labute approximate surface area is 121 Å². The molecule has 3 nitrogen and oxygen atoms in total. The van der Waals surface area contributed by atoms with Crippen molar-refractivity contribution in [2.24, 2.45) is 0 Å². The third-order valence-corrected chi connectivity index (χ3v) is 3.99. The Hall–Kier alpha value is -1.47. The topological polar surface area (TPSA) is 55.1 Å². The van der Waals surface area contributed by atoms with E-state index in [4.69, 9.17) is 17.3 Å². The minimum absolute atomic E-state index is 0.199. The van der Waals surface area contributed by atoms with Gasteiger partial charge in [-0.05, 0) is 18.2 Å². The van der Waals surface area contributed by atoms with Crippen LogP contribution in [0.1, 0.15) is 16.1 Å². The Morgan fingerprint density at radius 1 is 1.40 bits per heavy atom. The molecule has 0 unspecified atom stereocenters. The Morgan fingerprint density at radius 2 is 2.10 bits per heavy atom. The zero-order valence-electron chi connectivity index (χ0n) is 10.1. The first-order valence-corrected chi connectivity index (χ1v) is 6.80. The van der Waals surface area contributed by atoms with Crippen molar-refractivity contribution in [3.63, 3.8) is 0 Å². The van der Waals surface area contributed by atoms with Crippen molar-refractivity contribution in [1.29, 1.82) is 0 Å². The zero-order valence-corrected chi connectivity index (χ0v) is 11.6. The van der Waals surface area contributed by atoms with Crippen LogP contribution in [-0.4, -0.2) is 18.6 Å². The van der Waals surface area contributed by atoms with Crippen LogP contribution < -0.4 is 11.1 Å². The number of halogens is 4. The van der Waals surface area contributed by atoms with Gasteiger partial charge in [-0.25, -0.2) is 0 Å². The van der Waals surface area contributed by atoms with E-state index in [1.807, 2.05) is 0 Å². The van der Waals surface area contributed by atoms with Crippen LogP contribution >= 0.6 is 22.9 Å². The van der Waals surface area contributed by atoms with Gasteiger partial charge in [-0.1, -0.05) is 11.6 Å². The molecule has 0 bridgehead atoms. The molecular weight excluding hydrogens is 313 g/mol. The smallest absolute Gasteiger partial charge is 0.390 e. The molecule has 20 heavy (non-hydrogen) atoms. The molecule has 0 radical (unpaired) electrons. The van der Waals surface area contributed by atoms with Gasteiger partial charge in [-0.3, -0.25) is 4.79 Å². The second-order valence-electron chi connectivity index (χ2n) is 4.11. The molecule has 2 aromatic rings. The van der Waals surface area contributed by atoms with Crippen LogP contribution in [0.2, 0.25) is 5.02 Å². The summed E-state index contributed by atoms with van der Waals surface area (Å²) in [5.41, 5.74) is 6.09. The Morgan fingerprint density at radius 3 is 2.75 bits per heavy atom. The van der Waals surface area contributed by atoms with Gasteiger partial charge in [0.1, 0.15) is 4.88 Å². The summed E-state index contributed by atoms with van der Waals surface area (Å²) in [6, 6.07) is 4.97. The van der Waals surface area contributed by atoms with Crippen molar-refractivity contribution < 1.29 is 18.0 Å². The lowest BCUT2D eigenvalue weighted by atomic mass is 10.2. The highest BCUT2D eigenvalue weighted by Gasteiger charge is 2.27. The number of carbonyl (C=O) groups excluding carboxylic acids is 1. The number of thiophene rings is 1. The van der Waals surface area contributed by atoms with E-state index < -0.39 is 25.0 Å². The first kappa shape index (κ1) is 14.9. The van der Waals surface area contributed by atoms with Gasteiger partial charge < -0.3 is 11.1 Å². The largest absolute Gasteiger partial charge is 0.397 e. The second-order valence-corrected chi connectivity index (χ2v) is 5.60. The van der Waals surface area contributed by atoms with Gasteiger partial charge in [-0.2, -0.15) is 13.2 Å². The summed E-state index contributed by atoms with van der Waals surface area (Å²) in [5, 5.41) is 3.38. The molecule has 8 heteroatoms. The molecule has 0 spiro atoms. The fraction of sp³-hybridized carbons (Fsp3) is 0.250. The Bertz CT molecular complexity index is 654. The van der Waals surface area contributed by atoms with Gasteiger partial charge in [0.15, 0.2) is 0 Å². The molecule has 2 rings (SSSR count). The maximum Gasteiger partial charge on any atom is 0.390 e. The quantitative estimate of drug-likeness (QED) is 0.902. The molecule has 0 fully saturated rings. The van der Waals surface area contributed by atoms with Crippen LogP contribution in [-0.2, 0) is 0 Å². The fourth-order valence-electron chi connectivity index (χ4n) is 1.66. The molecule has 1 amide bonds. The first-order chi connectivity index (χ1) is 9.28. The maximum absolute atomic E-state index is 12.0. The summed E-state index contributed by atoms with van der Waals surface area (Å²) in [6.07, 6.45) is -5.37. The molecule has 0 atom stereocenters. The normalized spacial score (nSPS) is 11.8. The van der Waals surface area contributed by atoms with E-state index in [1.54, 1.807) is 18.2 Å². The highest BCUT2D eigenvalue weighted by molar-refractivity contribution is 7.21. The molecule has 108 valence electrons. The number of amides is 1. The molecule has 0 saturated carbocycles. The van der Waals surface area contributed by atoms with E-state index in [2.05, 4.69) is 5.32 Å². The minimum atomic E-state index is -4.30. The predicted octanol–water partition coefficient (Wildman–Crippen LogP) is 3.82. The molecule has 1 aromatic carbocycles. The summed E-state index contributed by atoms with van der Waals surface area (Å²) in [4.78, 5) is 12.0. The predicted molar refractivity (Wildman–Crippen MR) is 74.3 cm³/mol. The third-order valence-electron chi connectivity index (χ3n) is 2.59. The highest BCUT2D eigenvalue weighted by Crippen LogP contribution is 2.35. The lowest BCUT2D eigenvalue weighted by Gasteiger charge is -2.07. The number of carbonyl (C=O) groups is 1. The van der Waals surface area contributed by atoms with E-state index in [-0.39, 0.29) is 10.6 Å². The molecule has 0 aliphatic carbocycles. The van der Waals surface area contributed by atoms with E-state index in [9.17, 15) is 18.0 Å². The number of alkyl halides is 3. The Balaban J connectivity index is 2.16. The van der Waals surface area contributed by atoms with Crippen LogP contribution in [0.3, 0.4) is 0 Å². The number of nitrogens with two attached hydrogens (primary N) is 1. The van der Waals surface area contributed by atoms with Crippen molar-refractivity contribution in [2.45, 2.75) is 12.6 Å². The van der Waals surface area contributed by atoms with Crippen LogP contribution in [0.25, 0.3) is 10.1 Å². The number of nitrogens with one attached hydrogen (secondary N) is 1. The van der Waals surface area contributed by atoms with Crippen molar-refractivity contribution >= 4 is 44.6 Å². The van der Waals surface area contributed by atoms with Gasteiger partial charge in [-0.15, -0.1) is 11.3 Å². The van der Waals surface area contributed by atoms with Gasteiger partial charge >= 0.3 is 6.18 Å². The average Bonchev–Trinajstić information content (AvgIpc) is 2.64. The summed E-state index contributed by atoms with van der Waals surface area (Å²) in [7, 11) is 0. The monoisotopic (exact) mass is 322 g/mol. The van der Waals surface area contributed by atoms with Crippen LogP contribution in [0.5, 0.6) is 0 Å². The van der Waals surface area contributed by atoms with E-state index in [1.165, 1.54) is 0 Å². The van der Waals surface area contributed by atoms with Gasteiger partial charge in [0.25, 0.3) is 5.91 Å². The number of hydrogen-bond donors (Lipinski definition) is 2. The molecule has 0 aliphatic rings. The van der Waals surface area contributed by atoms with Crippen molar-refractivity contribution in [2.75, 3.05) is 12.3 Å². The lowest BCUT2D eigenvalue weighted by molar-refractivity contribution is -0.132. The molecule has 0 saturated heterocycles. The van der Waals surface area contributed by atoms with Crippen LogP contribution in [0.15, 0.2) is 18.2 Å². The molecule has 1 aromatic heterocycles. The van der Waals surface area contributed by atoms with Crippen LogP contribution in [0.4, 0.5) is 18.9 Å². The minimum Gasteiger partial charge on any atom is -0.397 e. The lowest BCUT2D eigenvalue weighted by Crippen LogP contribution is -2.27. The second kappa shape index (κ2) is 5.49. The standard InChI is InChI=1S/C12H10ClF3N2OS/c13-6-1-2-7-8(5-6)20-10(9(7)17)11(19)18-4-3-12(14,15)16/h1-2,5H,3-4,17H2,(H,18,19). The number of benzene rings is 1. The summed E-state index contributed by atoms with van der Waals surface area (Å²) in [5.74, 6) is -0.607.